The van der Waals surface area contributed by atoms with Crippen LogP contribution in [0.5, 0.6) is 0 Å². The normalized spacial score (nSPS) is 33.4. The maximum atomic E-state index is 2.52. The van der Waals surface area contributed by atoms with Crippen LogP contribution in [-0.2, 0) is 0 Å². The Hall–Kier alpha value is -0.520. The maximum absolute atomic E-state index is 2.52. The van der Waals surface area contributed by atoms with Crippen LogP contribution in [0.3, 0.4) is 0 Å². The molecule has 0 bridgehead atoms. The lowest BCUT2D eigenvalue weighted by molar-refractivity contribution is 0.582. The number of allylic oxidation sites excluding steroid dienone is 4. The predicted molar refractivity (Wildman–Crippen MR) is 57.6 cm³/mol. The van der Waals surface area contributed by atoms with Crippen LogP contribution in [0.1, 0.15) is 46.0 Å². The molecule has 0 N–H and O–H groups in total. The highest BCUT2D eigenvalue weighted by atomic mass is 14.3. The first-order valence-electron chi connectivity index (χ1n) is 5.70. The summed E-state index contributed by atoms with van der Waals surface area (Å²) in [5, 5.41) is 0. The van der Waals surface area contributed by atoms with Crippen LogP contribution in [0, 0.1) is 11.8 Å². The zero-order valence-electron chi connectivity index (χ0n) is 8.84. The third kappa shape index (κ3) is 1.72. The number of rotatable bonds is 1. The molecule has 0 spiro atoms. The van der Waals surface area contributed by atoms with Gasteiger partial charge in [-0.25, -0.2) is 0 Å². The van der Waals surface area contributed by atoms with Gasteiger partial charge in [0.25, 0.3) is 0 Å². The molecule has 0 aromatic carbocycles. The van der Waals surface area contributed by atoms with Crippen molar-refractivity contribution in [3.05, 3.63) is 23.3 Å². The molecule has 2 aliphatic rings. The smallest absolute Gasteiger partial charge is 0.0162 e. The van der Waals surface area contributed by atoms with E-state index in [1.807, 2.05) is 0 Å². The van der Waals surface area contributed by atoms with Crippen molar-refractivity contribution in [3.8, 4) is 0 Å². The van der Waals surface area contributed by atoms with E-state index < -0.39 is 0 Å². The van der Waals surface area contributed by atoms with E-state index in [1.165, 1.54) is 32.1 Å². The van der Waals surface area contributed by atoms with Crippen LogP contribution in [-0.4, -0.2) is 0 Å². The Kier molecular flexibility index (Phi) is 2.57. The van der Waals surface area contributed by atoms with E-state index in [0.717, 1.165) is 11.8 Å². The average Bonchev–Trinajstić information content (AvgIpc) is 2.45. The lowest BCUT2D eigenvalue weighted by atomic mass is 9.97. The molecule has 2 unspecified atom stereocenters. The van der Waals surface area contributed by atoms with Crippen molar-refractivity contribution >= 4 is 0 Å². The topological polar surface area (TPSA) is 0 Å². The summed E-state index contributed by atoms with van der Waals surface area (Å²) in [6.45, 7) is 4.68. The monoisotopic (exact) mass is 176 g/mol. The van der Waals surface area contributed by atoms with E-state index in [4.69, 9.17) is 0 Å². The summed E-state index contributed by atoms with van der Waals surface area (Å²) in [6, 6.07) is 0. The van der Waals surface area contributed by atoms with Gasteiger partial charge in [0.05, 0.1) is 0 Å². The quantitative estimate of drug-likeness (QED) is 0.564. The zero-order chi connectivity index (χ0) is 9.26. The van der Waals surface area contributed by atoms with Gasteiger partial charge in [0.1, 0.15) is 0 Å². The minimum absolute atomic E-state index is 0.864. The predicted octanol–water partition coefficient (Wildman–Crippen LogP) is 4.09. The highest BCUT2D eigenvalue weighted by Crippen LogP contribution is 2.40. The molecular formula is C13H20. The molecule has 0 aromatic rings. The van der Waals surface area contributed by atoms with E-state index in [1.54, 1.807) is 11.1 Å². The molecule has 1 fully saturated rings. The molecule has 0 radical (unpaired) electrons. The summed E-state index contributed by atoms with van der Waals surface area (Å²) in [5.41, 5.74) is 3.38. The van der Waals surface area contributed by atoms with Crippen LogP contribution in [0.15, 0.2) is 23.3 Å². The molecule has 1 saturated carbocycles. The first-order valence-corrected chi connectivity index (χ1v) is 5.70. The summed E-state index contributed by atoms with van der Waals surface area (Å²) in [7, 11) is 0. The van der Waals surface area contributed by atoms with Gasteiger partial charge in [0, 0.05) is 0 Å². The van der Waals surface area contributed by atoms with Crippen molar-refractivity contribution in [2.75, 3.05) is 0 Å². The molecule has 0 nitrogen and oxygen atoms in total. The van der Waals surface area contributed by atoms with Gasteiger partial charge in [-0.1, -0.05) is 26.0 Å². The summed E-state index contributed by atoms with van der Waals surface area (Å²) >= 11 is 0. The number of hydrogen-bond donors (Lipinski definition) is 0. The Bertz CT molecular complexity index is 245. The second-order valence-electron chi connectivity index (χ2n) is 4.61. The Balaban J connectivity index is 2.22. The third-order valence-corrected chi connectivity index (χ3v) is 3.57. The molecule has 2 aliphatic carbocycles. The zero-order valence-corrected chi connectivity index (χ0v) is 8.84. The molecule has 13 heavy (non-hydrogen) atoms. The molecule has 0 amide bonds. The Morgan fingerprint density at radius 2 is 2.08 bits per heavy atom. The van der Waals surface area contributed by atoms with Crippen LogP contribution in [0.2, 0.25) is 0 Å². The maximum Gasteiger partial charge on any atom is -0.0162 e. The van der Waals surface area contributed by atoms with Gasteiger partial charge in [-0.3, -0.25) is 0 Å². The first kappa shape index (κ1) is 9.05. The fourth-order valence-corrected chi connectivity index (χ4v) is 2.60. The molecular weight excluding hydrogens is 156 g/mol. The Morgan fingerprint density at radius 1 is 1.31 bits per heavy atom. The van der Waals surface area contributed by atoms with Crippen molar-refractivity contribution in [3.63, 3.8) is 0 Å². The highest BCUT2D eigenvalue weighted by Gasteiger charge is 2.24. The van der Waals surface area contributed by atoms with E-state index in [9.17, 15) is 0 Å². The van der Waals surface area contributed by atoms with Crippen LogP contribution in [0.25, 0.3) is 0 Å². The SMILES string of the molecule is CCC1CCC2=CCC(C)CC=C21. The van der Waals surface area contributed by atoms with Gasteiger partial charge in [0.2, 0.25) is 0 Å². The van der Waals surface area contributed by atoms with Gasteiger partial charge in [0.15, 0.2) is 0 Å². The minimum Gasteiger partial charge on any atom is -0.0808 e. The summed E-state index contributed by atoms with van der Waals surface area (Å²) in [5.74, 6) is 1.75. The molecule has 0 aliphatic heterocycles. The van der Waals surface area contributed by atoms with Crippen molar-refractivity contribution in [1.82, 2.24) is 0 Å². The summed E-state index contributed by atoms with van der Waals surface area (Å²) in [6.07, 6.45) is 11.7. The summed E-state index contributed by atoms with van der Waals surface area (Å²) < 4.78 is 0. The van der Waals surface area contributed by atoms with E-state index in [0.29, 0.717) is 0 Å². The molecule has 0 aromatic heterocycles. The average molecular weight is 176 g/mol. The number of hydrogen-bond acceptors (Lipinski definition) is 0. The second kappa shape index (κ2) is 3.69. The van der Waals surface area contributed by atoms with E-state index in [-0.39, 0.29) is 0 Å². The molecule has 2 rings (SSSR count). The molecule has 0 saturated heterocycles. The van der Waals surface area contributed by atoms with Gasteiger partial charge in [-0.15, -0.1) is 0 Å². The Labute approximate surface area is 81.7 Å². The standard InChI is InChI=1S/C13H20/c1-3-11-7-8-12-6-4-10(2)5-9-13(11)12/h6,9-11H,3-5,7-8H2,1-2H3. The van der Waals surface area contributed by atoms with Crippen molar-refractivity contribution < 1.29 is 0 Å². The molecule has 72 valence electrons. The lowest BCUT2D eigenvalue weighted by Gasteiger charge is -2.08. The van der Waals surface area contributed by atoms with Gasteiger partial charge in [-0.05, 0) is 55.1 Å². The van der Waals surface area contributed by atoms with Crippen LogP contribution in [0.4, 0.5) is 0 Å². The van der Waals surface area contributed by atoms with Crippen LogP contribution < -0.4 is 0 Å². The van der Waals surface area contributed by atoms with Gasteiger partial charge < -0.3 is 0 Å². The van der Waals surface area contributed by atoms with Crippen molar-refractivity contribution in [2.45, 2.75) is 46.0 Å². The second-order valence-corrected chi connectivity index (χ2v) is 4.61. The third-order valence-electron chi connectivity index (χ3n) is 3.57. The number of fused-ring (bicyclic) bond motifs is 1. The fourth-order valence-electron chi connectivity index (χ4n) is 2.60. The first-order chi connectivity index (χ1) is 6.31. The minimum atomic E-state index is 0.864. The highest BCUT2D eigenvalue weighted by molar-refractivity contribution is 5.38. The van der Waals surface area contributed by atoms with Crippen molar-refractivity contribution in [2.24, 2.45) is 11.8 Å². The largest absolute Gasteiger partial charge is 0.0808 e. The Morgan fingerprint density at radius 3 is 2.85 bits per heavy atom. The lowest BCUT2D eigenvalue weighted by Crippen LogP contribution is -1.94. The van der Waals surface area contributed by atoms with Crippen molar-refractivity contribution in [1.29, 1.82) is 0 Å². The molecule has 2 atom stereocenters. The molecule has 0 heterocycles. The van der Waals surface area contributed by atoms with Gasteiger partial charge >= 0.3 is 0 Å². The molecule has 0 heteroatoms. The van der Waals surface area contributed by atoms with Gasteiger partial charge in [-0.2, -0.15) is 0 Å². The van der Waals surface area contributed by atoms with E-state index in [2.05, 4.69) is 26.0 Å². The van der Waals surface area contributed by atoms with Crippen LogP contribution >= 0.6 is 0 Å². The fraction of sp³-hybridized carbons (Fsp3) is 0.692. The van der Waals surface area contributed by atoms with E-state index >= 15 is 0 Å². The summed E-state index contributed by atoms with van der Waals surface area (Å²) in [4.78, 5) is 0.